The Morgan fingerprint density at radius 2 is 2.33 bits per heavy atom. The molecule has 66 valence electrons. The van der Waals surface area contributed by atoms with Crippen molar-refractivity contribution in [3.63, 3.8) is 0 Å². The van der Waals surface area contributed by atoms with Crippen LogP contribution in [0.1, 0.15) is 37.9 Å². The lowest BCUT2D eigenvalue weighted by atomic mass is 10.3. The summed E-state index contributed by atoms with van der Waals surface area (Å²) in [5.74, 6) is 0. The van der Waals surface area contributed by atoms with Crippen molar-refractivity contribution >= 4 is 17.4 Å². The summed E-state index contributed by atoms with van der Waals surface area (Å²) in [7, 11) is 0. The first kappa shape index (κ1) is 9.46. The fraction of sp³-hybridized carbons (Fsp3) is 0.500. The van der Waals surface area contributed by atoms with E-state index in [4.69, 9.17) is 0 Å². The second kappa shape index (κ2) is 4.41. The molecule has 0 atom stereocenters. The molecule has 0 unspecified atom stereocenters. The van der Waals surface area contributed by atoms with Gasteiger partial charge in [-0.05, 0) is 32.8 Å². The summed E-state index contributed by atoms with van der Waals surface area (Å²) in [6.45, 7) is 6.37. The summed E-state index contributed by atoms with van der Waals surface area (Å²) < 4.78 is 0. The third-order valence-electron chi connectivity index (χ3n) is 1.47. The van der Waals surface area contributed by atoms with Crippen molar-refractivity contribution in [1.82, 2.24) is 4.98 Å². The van der Waals surface area contributed by atoms with E-state index in [0.717, 1.165) is 12.1 Å². The number of aryl methyl sites for hydroxylation is 1. The van der Waals surface area contributed by atoms with Crippen LogP contribution in [0.3, 0.4) is 0 Å². The predicted octanol–water partition coefficient (Wildman–Crippen LogP) is 3.52. The molecule has 12 heavy (non-hydrogen) atoms. The summed E-state index contributed by atoms with van der Waals surface area (Å²) in [5.41, 5.74) is 2.42. The molecule has 0 fully saturated rings. The lowest BCUT2D eigenvalue weighted by Crippen LogP contribution is -1.80. The molecule has 1 heterocycles. The molecule has 1 nitrogen and oxygen atoms in total. The highest BCUT2D eigenvalue weighted by Crippen LogP contribution is 2.13. The SMILES string of the molecule is CCCc1nc(C=C(C)C)cs1. The van der Waals surface area contributed by atoms with Crippen molar-refractivity contribution in [2.24, 2.45) is 0 Å². The number of thiazole rings is 1. The fourth-order valence-electron chi connectivity index (χ4n) is 1.02. The number of rotatable bonds is 3. The van der Waals surface area contributed by atoms with Crippen LogP contribution in [0.5, 0.6) is 0 Å². The molecule has 1 aromatic rings. The van der Waals surface area contributed by atoms with E-state index in [0.29, 0.717) is 0 Å². The van der Waals surface area contributed by atoms with E-state index in [1.165, 1.54) is 17.0 Å². The number of aromatic nitrogens is 1. The van der Waals surface area contributed by atoms with Crippen LogP contribution in [0.2, 0.25) is 0 Å². The van der Waals surface area contributed by atoms with Gasteiger partial charge >= 0.3 is 0 Å². The monoisotopic (exact) mass is 181 g/mol. The third-order valence-corrected chi connectivity index (χ3v) is 2.40. The van der Waals surface area contributed by atoms with Gasteiger partial charge in [-0.3, -0.25) is 0 Å². The van der Waals surface area contributed by atoms with E-state index in [1.807, 2.05) is 0 Å². The first-order valence-electron chi connectivity index (χ1n) is 4.31. The molecule has 0 bridgehead atoms. The van der Waals surface area contributed by atoms with Crippen LogP contribution >= 0.6 is 11.3 Å². The largest absolute Gasteiger partial charge is 0.242 e. The maximum Gasteiger partial charge on any atom is 0.0932 e. The minimum absolute atomic E-state index is 1.11. The second-order valence-electron chi connectivity index (χ2n) is 3.14. The van der Waals surface area contributed by atoms with Gasteiger partial charge in [0, 0.05) is 5.38 Å². The minimum atomic E-state index is 1.11. The van der Waals surface area contributed by atoms with Gasteiger partial charge in [0.2, 0.25) is 0 Å². The van der Waals surface area contributed by atoms with Crippen LogP contribution in [-0.2, 0) is 6.42 Å². The summed E-state index contributed by atoms with van der Waals surface area (Å²) in [6, 6.07) is 0. The number of allylic oxidation sites excluding steroid dienone is 1. The van der Waals surface area contributed by atoms with Crippen molar-refractivity contribution in [3.05, 3.63) is 21.7 Å². The Balaban J connectivity index is 2.71. The molecule has 0 spiro atoms. The smallest absolute Gasteiger partial charge is 0.0932 e. The van der Waals surface area contributed by atoms with Crippen LogP contribution in [0.15, 0.2) is 11.0 Å². The Kier molecular flexibility index (Phi) is 3.48. The molecular formula is C10H15NS. The maximum atomic E-state index is 4.48. The van der Waals surface area contributed by atoms with E-state index in [9.17, 15) is 0 Å². The quantitative estimate of drug-likeness (QED) is 0.695. The van der Waals surface area contributed by atoms with E-state index >= 15 is 0 Å². The summed E-state index contributed by atoms with van der Waals surface area (Å²) in [6.07, 6.45) is 4.42. The first-order valence-corrected chi connectivity index (χ1v) is 5.19. The Morgan fingerprint density at radius 3 is 2.92 bits per heavy atom. The van der Waals surface area contributed by atoms with Gasteiger partial charge in [-0.2, -0.15) is 0 Å². The molecule has 0 aliphatic carbocycles. The van der Waals surface area contributed by atoms with Gasteiger partial charge in [0.25, 0.3) is 0 Å². The molecule has 0 amide bonds. The van der Waals surface area contributed by atoms with Crippen LogP contribution < -0.4 is 0 Å². The Bertz CT molecular complexity index is 269. The molecule has 0 radical (unpaired) electrons. The lowest BCUT2D eigenvalue weighted by molar-refractivity contribution is 0.907. The van der Waals surface area contributed by atoms with E-state index in [1.54, 1.807) is 11.3 Å². The van der Waals surface area contributed by atoms with Crippen molar-refractivity contribution in [3.8, 4) is 0 Å². The molecule has 0 saturated heterocycles. The molecule has 0 aliphatic rings. The fourth-order valence-corrected chi connectivity index (χ4v) is 1.87. The van der Waals surface area contributed by atoms with Crippen LogP contribution in [0.25, 0.3) is 6.08 Å². The molecular weight excluding hydrogens is 166 g/mol. The van der Waals surface area contributed by atoms with Gasteiger partial charge in [0.05, 0.1) is 10.7 Å². The average Bonchev–Trinajstić information content (AvgIpc) is 2.36. The van der Waals surface area contributed by atoms with E-state index < -0.39 is 0 Å². The molecule has 2 heteroatoms. The highest BCUT2D eigenvalue weighted by Gasteiger charge is 1.97. The molecule has 1 rings (SSSR count). The lowest BCUT2D eigenvalue weighted by Gasteiger charge is -1.88. The van der Waals surface area contributed by atoms with Crippen LogP contribution in [-0.4, -0.2) is 4.98 Å². The molecule has 0 saturated carbocycles. The van der Waals surface area contributed by atoms with Crippen molar-refractivity contribution < 1.29 is 0 Å². The second-order valence-corrected chi connectivity index (χ2v) is 4.08. The minimum Gasteiger partial charge on any atom is -0.242 e. The van der Waals surface area contributed by atoms with Crippen LogP contribution in [0, 0.1) is 0 Å². The van der Waals surface area contributed by atoms with Gasteiger partial charge < -0.3 is 0 Å². The molecule has 0 N–H and O–H groups in total. The Morgan fingerprint density at radius 1 is 1.58 bits per heavy atom. The summed E-state index contributed by atoms with van der Waals surface area (Å²) in [5, 5.41) is 3.38. The van der Waals surface area contributed by atoms with Gasteiger partial charge in [0.15, 0.2) is 0 Å². The number of hydrogen-bond acceptors (Lipinski definition) is 2. The van der Waals surface area contributed by atoms with Crippen LogP contribution in [0.4, 0.5) is 0 Å². The molecule has 1 aromatic heterocycles. The summed E-state index contributed by atoms with van der Waals surface area (Å²) in [4.78, 5) is 4.48. The normalized spacial score (nSPS) is 9.92. The average molecular weight is 181 g/mol. The predicted molar refractivity (Wildman–Crippen MR) is 55.4 cm³/mol. The highest BCUT2D eigenvalue weighted by molar-refractivity contribution is 7.09. The van der Waals surface area contributed by atoms with E-state index in [2.05, 4.69) is 37.2 Å². The third kappa shape index (κ3) is 2.78. The topological polar surface area (TPSA) is 12.9 Å². The van der Waals surface area contributed by atoms with Crippen molar-refractivity contribution in [2.75, 3.05) is 0 Å². The summed E-state index contributed by atoms with van der Waals surface area (Å²) >= 11 is 1.76. The van der Waals surface area contributed by atoms with Gasteiger partial charge in [-0.15, -0.1) is 11.3 Å². The van der Waals surface area contributed by atoms with Gasteiger partial charge in [-0.25, -0.2) is 4.98 Å². The standard InChI is InChI=1S/C10H15NS/c1-4-5-10-11-9(7-12-10)6-8(2)3/h6-7H,4-5H2,1-3H3. The first-order chi connectivity index (χ1) is 5.72. The van der Waals surface area contributed by atoms with Gasteiger partial charge in [0.1, 0.15) is 0 Å². The van der Waals surface area contributed by atoms with Crippen molar-refractivity contribution in [1.29, 1.82) is 0 Å². The van der Waals surface area contributed by atoms with Crippen molar-refractivity contribution in [2.45, 2.75) is 33.6 Å². The zero-order valence-corrected chi connectivity index (χ0v) is 8.74. The number of hydrogen-bond donors (Lipinski definition) is 0. The Hall–Kier alpha value is -0.630. The maximum absolute atomic E-state index is 4.48. The molecule has 0 aromatic carbocycles. The highest BCUT2D eigenvalue weighted by atomic mass is 32.1. The van der Waals surface area contributed by atoms with E-state index in [-0.39, 0.29) is 0 Å². The number of nitrogens with zero attached hydrogens (tertiary/aromatic N) is 1. The molecule has 0 aliphatic heterocycles. The zero-order valence-electron chi connectivity index (χ0n) is 7.92. The Labute approximate surface area is 78.2 Å². The van der Waals surface area contributed by atoms with Gasteiger partial charge in [-0.1, -0.05) is 12.5 Å². The zero-order chi connectivity index (χ0) is 8.97.